The highest BCUT2D eigenvalue weighted by Crippen LogP contribution is 2.52. The van der Waals surface area contributed by atoms with Gasteiger partial charge in [-0.25, -0.2) is 8.42 Å². The number of benzene rings is 1. The van der Waals surface area contributed by atoms with Crippen molar-refractivity contribution < 1.29 is 8.42 Å². The second-order valence-electron chi connectivity index (χ2n) is 4.42. The number of hydrogen-bond donors (Lipinski definition) is 1. The molecule has 2 rings (SSSR count). The van der Waals surface area contributed by atoms with Gasteiger partial charge >= 0.3 is 0 Å². The van der Waals surface area contributed by atoms with E-state index in [1.165, 1.54) is 0 Å². The van der Waals surface area contributed by atoms with E-state index in [1.807, 2.05) is 12.1 Å². The van der Waals surface area contributed by atoms with Gasteiger partial charge in [0.05, 0.1) is 10.2 Å². The number of sulfone groups is 1. The molecule has 0 spiro atoms. The first-order valence-corrected chi connectivity index (χ1v) is 8.15. The van der Waals surface area contributed by atoms with Crippen molar-refractivity contribution in [3.8, 4) is 0 Å². The van der Waals surface area contributed by atoms with E-state index in [1.54, 1.807) is 19.1 Å². The Morgan fingerprint density at radius 2 is 1.94 bits per heavy atom. The molecule has 0 radical (unpaired) electrons. The fraction of sp³-hybridized carbons (Fsp3) is 0.417. The summed E-state index contributed by atoms with van der Waals surface area (Å²) >= 11 is 10.8. The number of hydrogen-bond acceptors (Lipinski definition) is 3. The van der Waals surface area contributed by atoms with Crippen LogP contribution in [0.2, 0.25) is 5.02 Å². The lowest BCUT2D eigenvalue weighted by Crippen LogP contribution is -2.18. The van der Waals surface area contributed by atoms with Crippen LogP contribution in [0.5, 0.6) is 0 Å². The van der Waals surface area contributed by atoms with Crippen molar-refractivity contribution in [3.05, 3.63) is 34.9 Å². The van der Waals surface area contributed by atoms with Gasteiger partial charge in [-0.15, -0.1) is 0 Å². The predicted octanol–water partition coefficient (Wildman–Crippen LogP) is 2.14. The molecule has 98 valence electrons. The minimum absolute atomic E-state index is 0.112. The lowest BCUT2D eigenvalue weighted by molar-refractivity contribution is 0.594. The van der Waals surface area contributed by atoms with Crippen LogP contribution >= 0.6 is 23.8 Å². The molecule has 1 fully saturated rings. The zero-order valence-corrected chi connectivity index (χ0v) is 12.2. The van der Waals surface area contributed by atoms with Crippen LogP contribution in [0.4, 0.5) is 0 Å². The standard InChI is InChI=1S/C12H14ClNO2S2/c1-2-18(15,16)11-9(10(11)12(14)17)7-3-5-8(13)6-4-7/h3-6,9-11H,2H2,1H3,(H2,14,17). The molecule has 0 heterocycles. The van der Waals surface area contributed by atoms with Gasteiger partial charge in [-0.05, 0) is 17.7 Å². The minimum atomic E-state index is -3.13. The summed E-state index contributed by atoms with van der Waals surface area (Å²) in [4.78, 5) is 0.275. The van der Waals surface area contributed by atoms with E-state index in [0.29, 0.717) is 5.02 Å². The Morgan fingerprint density at radius 1 is 1.39 bits per heavy atom. The molecular formula is C12H14ClNO2S2. The van der Waals surface area contributed by atoms with Crippen molar-refractivity contribution in [2.45, 2.75) is 18.1 Å². The first-order valence-electron chi connectivity index (χ1n) is 5.65. The Labute approximate surface area is 117 Å². The molecule has 3 unspecified atom stereocenters. The highest BCUT2D eigenvalue weighted by atomic mass is 35.5. The molecule has 0 saturated heterocycles. The van der Waals surface area contributed by atoms with Gasteiger partial charge in [0, 0.05) is 22.6 Å². The number of halogens is 1. The molecule has 1 aliphatic carbocycles. The third kappa shape index (κ3) is 2.39. The normalized spacial score (nSPS) is 26.9. The SMILES string of the molecule is CCS(=O)(=O)C1C(C(N)=S)C1c1ccc(Cl)cc1. The van der Waals surface area contributed by atoms with Crippen LogP contribution in [0.3, 0.4) is 0 Å². The Balaban J connectivity index is 2.33. The number of rotatable bonds is 4. The highest BCUT2D eigenvalue weighted by Gasteiger charge is 2.59. The fourth-order valence-corrected chi connectivity index (χ4v) is 4.68. The van der Waals surface area contributed by atoms with Crippen LogP contribution < -0.4 is 5.73 Å². The molecule has 0 bridgehead atoms. The smallest absolute Gasteiger partial charge is 0.154 e. The van der Waals surface area contributed by atoms with Gasteiger partial charge in [0.1, 0.15) is 0 Å². The number of thiocarbonyl (C=S) groups is 1. The van der Waals surface area contributed by atoms with Crippen molar-refractivity contribution >= 4 is 38.6 Å². The molecule has 1 saturated carbocycles. The van der Waals surface area contributed by atoms with Crippen molar-refractivity contribution in [1.82, 2.24) is 0 Å². The summed E-state index contributed by atoms with van der Waals surface area (Å²) < 4.78 is 24.0. The first kappa shape index (κ1) is 13.8. The predicted molar refractivity (Wildman–Crippen MR) is 77.7 cm³/mol. The molecule has 0 aromatic heterocycles. The van der Waals surface area contributed by atoms with Gasteiger partial charge < -0.3 is 5.73 Å². The van der Waals surface area contributed by atoms with Crippen LogP contribution in [0.1, 0.15) is 18.4 Å². The van der Waals surface area contributed by atoms with E-state index in [4.69, 9.17) is 29.6 Å². The summed E-state index contributed by atoms with van der Waals surface area (Å²) in [7, 11) is -3.13. The molecule has 1 aromatic rings. The quantitative estimate of drug-likeness (QED) is 0.866. The van der Waals surface area contributed by atoms with Crippen LogP contribution in [0, 0.1) is 5.92 Å². The van der Waals surface area contributed by atoms with Crippen LogP contribution in [-0.4, -0.2) is 24.4 Å². The van der Waals surface area contributed by atoms with Gasteiger partial charge in [-0.2, -0.15) is 0 Å². The zero-order valence-electron chi connectivity index (χ0n) is 9.84. The molecule has 3 nitrogen and oxygen atoms in total. The van der Waals surface area contributed by atoms with Gasteiger partial charge in [-0.3, -0.25) is 0 Å². The largest absolute Gasteiger partial charge is 0.393 e. The second kappa shape index (κ2) is 4.79. The second-order valence-corrected chi connectivity index (χ2v) is 7.78. The molecule has 2 N–H and O–H groups in total. The topological polar surface area (TPSA) is 60.2 Å². The highest BCUT2D eigenvalue weighted by molar-refractivity contribution is 7.92. The molecule has 18 heavy (non-hydrogen) atoms. The van der Waals surface area contributed by atoms with Gasteiger partial charge in [0.15, 0.2) is 9.84 Å². The Morgan fingerprint density at radius 3 is 2.39 bits per heavy atom. The third-order valence-electron chi connectivity index (χ3n) is 3.35. The van der Waals surface area contributed by atoms with Gasteiger partial charge in [0.2, 0.25) is 0 Å². The van der Waals surface area contributed by atoms with Gasteiger partial charge in [-0.1, -0.05) is 42.9 Å². The van der Waals surface area contributed by atoms with Crippen LogP contribution in [-0.2, 0) is 9.84 Å². The van der Waals surface area contributed by atoms with Gasteiger partial charge in [0.25, 0.3) is 0 Å². The Kier molecular flexibility index (Phi) is 3.67. The van der Waals surface area contributed by atoms with Crippen molar-refractivity contribution in [1.29, 1.82) is 0 Å². The molecule has 0 aliphatic heterocycles. The van der Waals surface area contributed by atoms with E-state index in [9.17, 15) is 8.42 Å². The van der Waals surface area contributed by atoms with Crippen molar-refractivity contribution in [3.63, 3.8) is 0 Å². The lowest BCUT2D eigenvalue weighted by atomic mass is 10.1. The summed E-state index contributed by atoms with van der Waals surface area (Å²) in [6.45, 7) is 1.64. The summed E-state index contributed by atoms with van der Waals surface area (Å²) in [6, 6.07) is 7.18. The van der Waals surface area contributed by atoms with Crippen LogP contribution in [0.15, 0.2) is 24.3 Å². The monoisotopic (exact) mass is 303 g/mol. The average molecular weight is 304 g/mol. The first-order chi connectivity index (χ1) is 8.38. The third-order valence-corrected chi connectivity index (χ3v) is 6.10. The number of nitrogens with two attached hydrogens (primary N) is 1. The summed E-state index contributed by atoms with van der Waals surface area (Å²) in [6.07, 6.45) is 0. The molecule has 1 aromatic carbocycles. The van der Waals surface area contributed by atoms with E-state index >= 15 is 0 Å². The fourth-order valence-electron chi connectivity index (χ4n) is 2.34. The van der Waals surface area contributed by atoms with Crippen molar-refractivity contribution in [2.75, 3.05) is 5.75 Å². The molecule has 1 aliphatic rings. The maximum Gasteiger partial charge on any atom is 0.154 e. The zero-order chi connectivity index (χ0) is 13.5. The van der Waals surface area contributed by atoms with Crippen molar-refractivity contribution in [2.24, 2.45) is 11.7 Å². The van der Waals surface area contributed by atoms with E-state index in [0.717, 1.165) is 5.56 Å². The summed E-state index contributed by atoms with van der Waals surface area (Å²) in [5, 5.41) is 0.155. The average Bonchev–Trinajstić information content (AvgIpc) is 3.06. The maximum absolute atomic E-state index is 12.0. The van der Waals surface area contributed by atoms with E-state index in [2.05, 4.69) is 0 Å². The Bertz CT molecular complexity index is 568. The minimum Gasteiger partial charge on any atom is -0.393 e. The Hall–Kier alpha value is -0.650. The molecule has 6 heteroatoms. The summed E-state index contributed by atoms with van der Waals surface area (Å²) in [5.41, 5.74) is 6.57. The van der Waals surface area contributed by atoms with E-state index < -0.39 is 15.1 Å². The molecular weight excluding hydrogens is 290 g/mol. The van der Waals surface area contributed by atoms with E-state index in [-0.39, 0.29) is 22.6 Å². The summed E-state index contributed by atoms with van der Waals surface area (Å²) in [5.74, 6) is -0.253. The molecule has 0 amide bonds. The lowest BCUT2D eigenvalue weighted by Gasteiger charge is -2.00. The molecule has 3 atom stereocenters. The maximum atomic E-state index is 12.0. The van der Waals surface area contributed by atoms with Crippen LogP contribution in [0.25, 0.3) is 0 Å².